The van der Waals surface area contributed by atoms with Crippen LogP contribution >= 0.6 is 0 Å². The van der Waals surface area contributed by atoms with E-state index in [4.69, 9.17) is 11.3 Å². The highest BCUT2D eigenvalue weighted by atomic mass is 19.1. The van der Waals surface area contributed by atoms with Gasteiger partial charge >= 0.3 is 0 Å². The number of hydrogen-bond donors (Lipinski definition) is 1. The Morgan fingerprint density at radius 1 is 1.71 bits per heavy atom. The molecule has 0 aliphatic heterocycles. The maximum absolute atomic E-state index is 12.6. The molecule has 0 aliphatic rings. The monoisotopic (exact) mass is 193 g/mol. The number of rotatable bonds is 3. The summed E-state index contributed by atoms with van der Waals surface area (Å²) in [7, 11) is 0. The number of aromatic nitrogens is 1. The van der Waals surface area contributed by atoms with Gasteiger partial charge in [0.15, 0.2) is 0 Å². The third kappa shape index (κ3) is 2.76. The molecule has 0 bridgehead atoms. The first kappa shape index (κ1) is 10.0. The molecule has 0 amide bonds. The highest BCUT2D eigenvalue weighted by Gasteiger charge is 1.97. The zero-order valence-corrected chi connectivity index (χ0v) is 7.26. The van der Waals surface area contributed by atoms with E-state index >= 15 is 0 Å². The summed E-state index contributed by atoms with van der Waals surface area (Å²) in [5.74, 6) is -0.477. The Balaban J connectivity index is 2.76. The zero-order chi connectivity index (χ0) is 10.4. The lowest BCUT2D eigenvalue weighted by Crippen LogP contribution is -1.93. The minimum Gasteiger partial charge on any atom is -0.397 e. The summed E-state index contributed by atoms with van der Waals surface area (Å²) in [6.45, 7) is 0.217. The van der Waals surface area contributed by atoms with Crippen molar-refractivity contribution in [3.05, 3.63) is 40.3 Å². The van der Waals surface area contributed by atoms with Crippen molar-refractivity contribution in [2.24, 2.45) is 5.11 Å². The molecule has 0 fully saturated rings. The molecular formula is C8H8FN5. The SMILES string of the molecule is [N-]=[N+]=NCC=Cc1ncc(F)cc1N. The van der Waals surface area contributed by atoms with E-state index in [1.807, 2.05) is 0 Å². The maximum Gasteiger partial charge on any atom is 0.143 e. The number of hydrogen-bond acceptors (Lipinski definition) is 3. The Bertz CT molecular complexity index is 395. The number of azide groups is 1. The van der Waals surface area contributed by atoms with Crippen LogP contribution in [0.3, 0.4) is 0 Å². The van der Waals surface area contributed by atoms with Crippen LogP contribution in [0.15, 0.2) is 23.5 Å². The Hall–Kier alpha value is -2.07. The molecule has 0 spiro atoms. The molecular weight excluding hydrogens is 185 g/mol. The van der Waals surface area contributed by atoms with Gasteiger partial charge in [0.2, 0.25) is 0 Å². The third-order valence-corrected chi connectivity index (χ3v) is 1.44. The summed E-state index contributed by atoms with van der Waals surface area (Å²) in [5, 5.41) is 3.29. The normalized spacial score (nSPS) is 10.1. The van der Waals surface area contributed by atoms with Gasteiger partial charge in [-0.25, -0.2) is 4.39 Å². The van der Waals surface area contributed by atoms with Crippen LogP contribution < -0.4 is 5.73 Å². The molecule has 1 rings (SSSR count). The standard InChI is InChI=1S/C8H8FN5/c9-6-4-7(10)8(12-5-6)2-1-3-13-14-11/h1-2,4-5H,3,10H2. The van der Waals surface area contributed by atoms with Gasteiger partial charge in [0.05, 0.1) is 17.6 Å². The Kier molecular flexibility index (Phi) is 3.46. The minimum atomic E-state index is -0.477. The first-order chi connectivity index (χ1) is 6.74. The molecule has 6 heteroatoms. The van der Waals surface area contributed by atoms with Crippen molar-refractivity contribution in [3.63, 3.8) is 0 Å². The molecule has 14 heavy (non-hydrogen) atoms. The van der Waals surface area contributed by atoms with Crippen molar-refractivity contribution in [3.8, 4) is 0 Å². The van der Waals surface area contributed by atoms with Crippen LogP contribution in [-0.2, 0) is 0 Å². The van der Waals surface area contributed by atoms with Gasteiger partial charge in [0, 0.05) is 17.5 Å². The predicted octanol–water partition coefficient (Wildman–Crippen LogP) is 2.13. The lowest BCUT2D eigenvalue weighted by Gasteiger charge is -1.97. The van der Waals surface area contributed by atoms with E-state index in [0.717, 1.165) is 6.20 Å². The number of nitrogens with zero attached hydrogens (tertiary/aromatic N) is 4. The molecule has 2 N–H and O–H groups in total. The van der Waals surface area contributed by atoms with Crippen molar-refractivity contribution in [2.45, 2.75) is 0 Å². The molecule has 1 heterocycles. The molecule has 0 saturated heterocycles. The molecule has 1 aromatic rings. The lowest BCUT2D eigenvalue weighted by molar-refractivity contribution is 0.622. The van der Waals surface area contributed by atoms with Gasteiger partial charge in [0.1, 0.15) is 5.82 Å². The van der Waals surface area contributed by atoms with Crippen molar-refractivity contribution in [2.75, 3.05) is 12.3 Å². The predicted molar refractivity (Wildman–Crippen MR) is 51.7 cm³/mol. The second-order valence-electron chi connectivity index (χ2n) is 2.44. The molecule has 0 saturated carbocycles. The van der Waals surface area contributed by atoms with E-state index in [-0.39, 0.29) is 12.2 Å². The third-order valence-electron chi connectivity index (χ3n) is 1.44. The first-order valence-electron chi connectivity index (χ1n) is 3.82. The van der Waals surface area contributed by atoms with E-state index < -0.39 is 5.82 Å². The van der Waals surface area contributed by atoms with Gasteiger partial charge in [-0.3, -0.25) is 4.98 Å². The molecule has 0 aromatic carbocycles. The summed E-state index contributed by atoms with van der Waals surface area (Å²) in [4.78, 5) is 6.32. The number of pyridine rings is 1. The Labute approximate surface area is 79.7 Å². The van der Waals surface area contributed by atoms with Gasteiger partial charge in [-0.15, -0.1) is 0 Å². The average Bonchev–Trinajstić information content (AvgIpc) is 2.15. The second kappa shape index (κ2) is 4.84. The fraction of sp³-hybridized carbons (Fsp3) is 0.125. The van der Waals surface area contributed by atoms with Gasteiger partial charge in [-0.2, -0.15) is 0 Å². The molecule has 1 aromatic heterocycles. The van der Waals surface area contributed by atoms with Crippen LogP contribution in [0.25, 0.3) is 16.5 Å². The quantitative estimate of drug-likeness (QED) is 0.452. The van der Waals surface area contributed by atoms with Gasteiger partial charge in [0.25, 0.3) is 0 Å². The Morgan fingerprint density at radius 3 is 3.14 bits per heavy atom. The molecule has 5 nitrogen and oxygen atoms in total. The fourth-order valence-corrected chi connectivity index (χ4v) is 0.853. The Morgan fingerprint density at radius 2 is 2.50 bits per heavy atom. The molecule has 0 atom stereocenters. The highest BCUT2D eigenvalue weighted by Crippen LogP contribution is 2.11. The van der Waals surface area contributed by atoms with Crippen molar-refractivity contribution in [1.82, 2.24) is 4.98 Å². The fourth-order valence-electron chi connectivity index (χ4n) is 0.853. The van der Waals surface area contributed by atoms with Crippen LogP contribution in [0.1, 0.15) is 5.69 Å². The van der Waals surface area contributed by atoms with Crippen LogP contribution in [-0.4, -0.2) is 11.5 Å². The smallest absolute Gasteiger partial charge is 0.143 e. The number of nitrogen functional groups attached to an aromatic ring is 1. The minimum absolute atomic E-state index is 0.217. The number of anilines is 1. The molecule has 0 radical (unpaired) electrons. The van der Waals surface area contributed by atoms with E-state index in [2.05, 4.69) is 15.0 Å². The summed E-state index contributed by atoms with van der Waals surface area (Å²) in [6, 6.07) is 1.18. The van der Waals surface area contributed by atoms with E-state index in [1.54, 1.807) is 12.2 Å². The van der Waals surface area contributed by atoms with Gasteiger partial charge < -0.3 is 5.73 Å². The van der Waals surface area contributed by atoms with Crippen molar-refractivity contribution in [1.29, 1.82) is 0 Å². The second-order valence-corrected chi connectivity index (χ2v) is 2.44. The zero-order valence-electron chi connectivity index (χ0n) is 7.26. The van der Waals surface area contributed by atoms with Crippen LogP contribution in [0, 0.1) is 5.82 Å². The van der Waals surface area contributed by atoms with E-state index in [1.165, 1.54) is 6.07 Å². The summed E-state index contributed by atoms with van der Waals surface area (Å²) in [5.41, 5.74) is 14.2. The molecule has 72 valence electrons. The van der Waals surface area contributed by atoms with Crippen LogP contribution in [0.4, 0.5) is 10.1 Å². The lowest BCUT2D eigenvalue weighted by atomic mass is 10.3. The largest absolute Gasteiger partial charge is 0.397 e. The van der Waals surface area contributed by atoms with E-state index in [0.29, 0.717) is 5.69 Å². The maximum atomic E-state index is 12.6. The summed E-state index contributed by atoms with van der Waals surface area (Å²) >= 11 is 0. The molecule has 0 unspecified atom stereocenters. The van der Waals surface area contributed by atoms with E-state index in [9.17, 15) is 4.39 Å². The summed E-state index contributed by atoms with van der Waals surface area (Å²) in [6.07, 6.45) is 4.24. The number of nitrogens with two attached hydrogens (primary N) is 1. The van der Waals surface area contributed by atoms with Crippen molar-refractivity contribution >= 4 is 11.8 Å². The average molecular weight is 193 g/mol. The van der Waals surface area contributed by atoms with Gasteiger partial charge in [-0.1, -0.05) is 11.2 Å². The highest BCUT2D eigenvalue weighted by molar-refractivity contribution is 5.60. The summed E-state index contributed by atoms with van der Waals surface area (Å²) < 4.78 is 12.6. The topological polar surface area (TPSA) is 87.7 Å². The first-order valence-corrected chi connectivity index (χ1v) is 3.82. The van der Waals surface area contributed by atoms with Crippen LogP contribution in [0.2, 0.25) is 0 Å². The number of halogens is 1. The molecule has 0 aliphatic carbocycles. The van der Waals surface area contributed by atoms with Crippen molar-refractivity contribution < 1.29 is 4.39 Å². The van der Waals surface area contributed by atoms with Crippen LogP contribution in [0.5, 0.6) is 0 Å². The van der Waals surface area contributed by atoms with Gasteiger partial charge in [-0.05, 0) is 11.6 Å².